The number of benzene rings is 2. The van der Waals surface area contributed by atoms with Crippen LogP contribution in [0.2, 0.25) is 0 Å². The van der Waals surface area contributed by atoms with Crippen molar-refractivity contribution in [3.05, 3.63) is 36.4 Å². The Bertz CT molecular complexity index is 470. The minimum Gasteiger partial charge on any atom is -0.537 e. The van der Waals surface area contributed by atoms with Gasteiger partial charge in [0.05, 0.1) is 7.11 Å². The van der Waals surface area contributed by atoms with Crippen molar-refractivity contribution in [2.45, 2.75) is 0 Å². The van der Waals surface area contributed by atoms with Crippen molar-refractivity contribution in [2.75, 3.05) is 7.11 Å². The number of rotatable bonds is 3. The maximum atomic E-state index is 8.65. The molecule has 75 valence electrons. The van der Waals surface area contributed by atoms with E-state index in [2.05, 4.69) is 0 Å². The Balaban J connectivity index is 2.63. The van der Waals surface area contributed by atoms with Crippen molar-refractivity contribution in [1.29, 1.82) is 0 Å². The second-order valence-corrected chi connectivity index (χ2v) is 3.07. The molecule has 0 bridgehead atoms. The van der Waals surface area contributed by atoms with Gasteiger partial charge in [0.2, 0.25) is 0 Å². The van der Waals surface area contributed by atoms with Gasteiger partial charge >= 0.3 is 7.69 Å². The first-order chi connectivity index (χ1) is 7.35. The normalized spacial score (nSPS) is 10.0. The van der Waals surface area contributed by atoms with Gasteiger partial charge in [-0.1, -0.05) is 24.3 Å². The summed E-state index contributed by atoms with van der Waals surface area (Å²) in [5.74, 6) is 1.28. The molecule has 0 amide bonds. The van der Waals surface area contributed by atoms with E-state index in [-0.39, 0.29) is 0 Å². The molecule has 0 aromatic heterocycles. The highest BCUT2D eigenvalue weighted by Gasteiger charge is 2.05. The molecule has 2 aromatic carbocycles. The highest BCUT2D eigenvalue weighted by molar-refractivity contribution is 6.18. The molecule has 0 aliphatic carbocycles. The summed E-state index contributed by atoms with van der Waals surface area (Å²) in [4.78, 5) is 0. The van der Waals surface area contributed by atoms with Crippen LogP contribution in [-0.2, 0) is 0 Å². The van der Waals surface area contributed by atoms with Crippen LogP contribution in [0.3, 0.4) is 0 Å². The van der Waals surface area contributed by atoms with Gasteiger partial charge in [0, 0.05) is 11.5 Å². The SMILES string of the molecule is COc1cc(O[B]O)c2ccccc2c1. The predicted octanol–water partition coefficient (Wildman–Crippen LogP) is 1.75. The highest BCUT2D eigenvalue weighted by atomic mass is 16.5. The van der Waals surface area contributed by atoms with E-state index in [0.717, 1.165) is 10.8 Å². The summed E-state index contributed by atoms with van der Waals surface area (Å²) in [6, 6.07) is 11.4. The second kappa shape index (κ2) is 4.23. The molecule has 0 fully saturated rings. The van der Waals surface area contributed by atoms with E-state index in [4.69, 9.17) is 14.4 Å². The zero-order chi connectivity index (χ0) is 10.7. The molecule has 0 aliphatic rings. The predicted molar refractivity (Wildman–Crippen MR) is 59.1 cm³/mol. The molecule has 0 spiro atoms. The molecule has 2 rings (SSSR count). The van der Waals surface area contributed by atoms with Crippen LogP contribution in [0.4, 0.5) is 0 Å². The Labute approximate surface area is 88.6 Å². The standard InChI is InChI=1S/C11H10BO3/c1-14-9-6-8-4-2-3-5-10(8)11(7-9)15-12-13/h2-7,13H,1H3. The van der Waals surface area contributed by atoms with Crippen molar-refractivity contribution < 1.29 is 14.4 Å². The molecule has 2 aromatic rings. The summed E-state index contributed by atoms with van der Waals surface area (Å²) < 4.78 is 10.1. The molecule has 3 nitrogen and oxygen atoms in total. The average Bonchev–Trinajstić information content (AvgIpc) is 2.29. The van der Waals surface area contributed by atoms with Crippen molar-refractivity contribution in [3.8, 4) is 11.5 Å². The summed E-state index contributed by atoms with van der Waals surface area (Å²) >= 11 is 0. The molecule has 4 heteroatoms. The van der Waals surface area contributed by atoms with E-state index in [9.17, 15) is 0 Å². The Morgan fingerprint density at radius 1 is 1.20 bits per heavy atom. The first kappa shape index (κ1) is 9.86. The van der Waals surface area contributed by atoms with Gasteiger partial charge in [-0.05, 0) is 11.5 Å². The third kappa shape index (κ3) is 1.90. The van der Waals surface area contributed by atoms with Crippen LogP contribution >= 0.6 is 0 Å². The van der Waals surface area contributed by atoms with E-state index in [1.165, 1.54) is 0 Å². The van der Waals surface area contributed by atoms with Crippen molar-refractivity contribution in [2.24, 2.45) is 0 Å². The Kier molecular flexibility index (Phi) is 2.78. The minimum atomic E-state index is 0.576. The monoisotopic (exact) mass is 201 g/mol. The largest absolute Gasteiger partial charge is 0.569 e. The fourth-order valence-corrected chi connectivity index (χ4v) is 1.52. The minimum absolute atomic E-state index is 0.576. The summed E-state index contributed by atoms with van der Waals surface area (Å²) in [5.41, 5.74) is 0. The molecule has 0 heterocycles. The van der Waals surface area contributed by atoms with Gasteiger partial charge in [-0.2, -0.15) is 0 Å². The summed E-state index contributed by atoms with van der Waals surface area (Å²) in [5, 5.41) is 10.6. The summed E-state index contributed by atoms with van der Waals surface area (Å²) in [6.07, 6.45) is 0. The Morgan fingerprint density at radius 3 is 2.73 bits per heavy atom. The number of hydrogen-bond donors (Lipinski definition) is 1. The molecule has 1 N–H and O–H groups in total. The maximum absolute atomic E-state index is 8.65. The lowest BCUT2D eigenvalue weighted by Crippen LogP contribution is -2.00. The van der Waals surface area contributed by atoms with Gasteiger partial charge in [-0.25, -0.2) is 0 Å². The smallest absolute Gasteiger partial charge is 0.537 e. The number of fused-ring (bicyclic) bond motifs is 1. The Morgan fingerprint density at radius 2 is 2.00 bits per heavy atom. The average molecular weight is 201 g/mol. The lowest BCUT2D eigenvalue weighted by molar-refractivity contribution is 0.410. The molecular formula is C11H10BO3. The van der Waals surface area contributed by atoms with Gasteiger partial charge in [0.15, 0.2) is 0 Å². The van der Waals surface area contributed by atoms with Crippen LogP contribution in [0.25, 0.3) is 10.8 Å². The molecule has 0 saturated carbocycles. The van der Waals surface area contributed by atoms with Crippen LogP contribution in [0.1, 0.15) is 0 Å². The highest BCUT2D eigenvalue weighted by Crippen LogP contribution is 2.30. The fraction of sp³-hybridized carbons (Fsp3) is 0.0909. The summed E-state index contributed by atoms with van der Waals surface area (Å²) in [6.45, 7) is 0. The van der Waals surface area contributed by atoms with Crippen LogP contribution in [0.5, 0.6) is 11.5 Å². The lowest BCUT2D eigenvalue weighted by Gasteiger charge is -2.09. The molecule has 0 aliphatic heterocycles. The number of ether oxygens (including phenoxy) is 1. The van der Waals surface area contributed by atoms with E-state index in [1.807, 2.05) is 30.3 Å². The van der Waals surface area contributed by atoms with E-state index >= 15 is 0 Å². The van der Waals surface area contributed by atoms with Gasteiger partial charge in [-0.15, -0.1) is 0 Å². The zero-order valence-corrected chi connectivity index (χ0v) is 8.31. The van der Waals surface area contributed by atoms with Crippen LogP contribution in [-0.4, -0.2) is 19.8 Å². The van der Waals surface area contributed by atoms with Gasteiger partial charge in [0.25, 0.3) is 0 Å². The first-order valence-corrected chi connectivity index (χ1v) is 4.54. The van der Waals surface area contributed by atoms with Crippen LogP contribution in [0, 0.1) is 0 Å². The zero-order valence-electron chi connectivity index (χ0n) is 8.31. The molecule has 0 atom stereocenters. The fourth-order valence-electron chi connectivity index (χ4n) is 1.52. The van der Waals surface area contributed by atoms with Crippen molar-refractivity contribution >= 4 is 18.5 Å². The molecule has 0 unspecified atom stereocenters. The van der Waals surface area contributed by atoms with Gasteiger partial charge in [-0.3, -0.25) is 0 Å². The van der Waals surface area contributed by atoms with Crippen molar-refractivity contribution in [3.63, 3.8) is 0 Å². The van der Waals surface area contributed by atoms with Crippen molar-refractivity contribution in [1.82, 2.24) is 0 Å². The van der Waals surface area contributed by atoms with E-state index in [0.29, 0.717) is 19.2 Å². The second-order valence-electron chi connectivity index (χ2n) is 3.07. The molecular weight excluding hydrogens is 191 g/mol. The third-order valence-electron chi connectivity index (χ3n) is 2.21. The lowest BCUT2D eigenvalue weighted by atomic mass is 10.1. The topological polar surface area (TPSA) is 38.7 Å². The first-order valence-electron chi connectivity index (χ1n) is 4.54. The quantitative estimate of drug-likeness (QED) is 0.768. The Hall–Kier alpha value is -1.68. The number of hydrogen-bond acceptors (Lipinski definition) is 3. The number of methoxy groups -OCH3 is 1. The maximum Gasteiger partial charge on any atom is 0.569 e. The van der Waals surface area contributed by atoms with Gasteiger partial charge in [0.1, 0.15) is 11.5 Å². The third-order valence-corrected chi connectivity index (χ3v) is 2.21. The van der Waals surface area contributed by atoms with Gasteiger partial charge < -0.3 is 14.4 Å². The summed E-state index contributed by atoms with van der Waals surface area (Å²) in [7, 11) is 2.26. The molecule has 0 saturated heterocycles. The van der Waals surface area contributed by atoms with Crippen LogP contribution < -0.4 is 9.39 Å². The van der Waals surface area contributed by atoms with Crippen LogP contribution in [0.15, 0.2) is 36.4 Å². The molecule has 1 radical (unpaired) electrons. The molecule has 15 heavy (non-hydrogen) atoms. The van der Waals surface area contributed by atoms with E-state index in [1.54, 1.807) is 13.2 Å². The van der Waals surface area contributed by atoms with E-state index < -0.39 is 0 Å².